The van der Waals surface area contributed by atoms with E-state index >= 15 is 0 Å². The van der Waals surface area contributed by atoms with E-state index in [0.717, 1.165) is 0 Å². The molecule has 0 saturated carbocycles. The van der Waals surface area contributed by atoms with E-state index in [-0.39, 0.29) is 10.8 Å². The number of aromatic nitrogens is 2. The molecule has 1 heterocycles. The normalized spacial score (nSPS) is 11.4. The van der Waals surface area contributed by atoms with Crippen molar-refractivity contribution in [3.8, 4) is 0 Å². The number of nitrogens with one attached hydrogen (secondary N) is 2. The molecule has 1 aromatic heterocycles. The van der Waals surface area contributed by atoms with Gasteiger partial charge in [-0.05, 0) is 24.6 Å². The van der Waals surface area contributed by atoms with Crippen LogP contribution < -0.4 is 10.5 Å². The standard InChI is InChI=1S/C10H12N4O2S/c1-7-2-3-8(11)6-9(7)17(15,16)14-10-12-4-5-13-10/h2-6H,11H2,1H3,(H2,12,13,14). The Morgan fingerprint density at radius 1 is 1.41 bits per heavy atom. The molecular weight excluding hydrogens is 240 g/mol. The van der Waals surface area contributed by atoms with Gasteiger partial charge in [0.2, 0.25) is 5.95 Å². The molecule has 0 aliphatic carbocycles. The lowest BCUT2D eigenvalue weighted by Gasteiger charge is -2.08. The third-order valence-electron chi connectivity index (χ3n) is 2.23. The summed E-state index contributed by atoms with van der Waals surface area (Å²) in [5, 5.41) is 0. The molecule has 2 aromatic rings. The van der Waals surface area contributed by atoms with Gasteiger partial charge in [-0.3, -0.25) is 0 Å². The van der Waals surface area contributed by atoms with Gasteiger partial charge in [-0.25, -0.2) is 18.1 Å². The van der Waals surface area contributed by atoms with Crippen molar-refractivity contribution >= 4 is 21.7 Å². The number of hydrogen-bond donors (Lipinski definition) is 3. The van der Waals surface area contributed by atoms with Gasteiger partial charge in [0.05, 0.1) is 4.90 Å². The molecule has 7 heteroatoms. The average molecular weight is 252 g/mol. The SMILES string of the molecule is Cc1ccc(N)cc1S(=O)(=O)Nc1ncc[nH]1. The van der Waals surface area contributed by atoms with Gasteiger partial charge in [-0.2, -0.15) is 0 Å². The molecule has 0 amide bonds. The van der Waals surface area contributed by atoms with E-state index in [0.29, 0.717) is 11.3 Å². The molecule has 2 rings (SSSR count). The zero-order valence-electron chi connectivity index (χ0n) is 9.14. The molecule has 4 N–H and O–H groups in total. The molecule has 17 heavy (non-hydrogen) atoms. The van der Waals surface area contributed by atoms with Crippen LogP contribution in [0.5, 0.6) is 0 Å². The number of sulfonamides is 1. The summed E-state index contributed by atoms with van der Waals surface area (Å²) in [4.78, 5) is 6.61. The number of nitrogens with zero attached hydrogens (tertiary/aromatic N) is 1. The fraction of sp³-hybridized carbons (Fsp3) is 0.100. The van der Waals surface area contributed by atoms with Gasteiger partial charge < -0.3 is 10.7 Å². The molecule has 6 nitrogen and oxygen atoms in total. The maximum atomic E-state index is 12.0. The number of rotatable bonds is 3. The second-order valence-corrected chi connectivity index (χ2v) is 5.22. The van der Waals surface area contributed by atoms with Gasteiger partial charge in [-0.1, -0.05) is 6.07 Å². The Morgan fingerprint density at radius 2 is 2.18 bits per heavy atom. The first-order valence-electron chi connectivity index (χ1n) is 4.87. The Kier molecular flexibility index (Phi) is 2.76. The summed E-state index contributed by atoms with van der Waals surface area (Å²) in [7, 11) is -3.66. The first kappa shape index (κ1) is 11.5. The van der Waals surface area contributed by atoms with Crippen LogP contribution in [0.25, 0.3) is 0 Å². The van der Waals surface area contributed by atoms with Gasteiger partial charge in [0.1, 0.15) is 0 Å². The summed E-state index contributed by atoms with van der Waals surface area (Å²) >= 11 is 0. The van der Waals surface area contributed by atoms with Crippen LogP contribution in [0.3, 0.4) is 0 Å². The minimum atomic E-state index is -3.66. The van der Waals surface area contributed by atoms with Gasteiger partial charge in [0.15, 0.2) is 0 Å². The van der Waals surface area contributed by atoms with Crippen LogP contribution in [0.15, 0.2) is 35.5 Å². The van der Waals surface area contributed by atoms with Gasteiger partial charge >= 0.3 is 0 Å². The van der Waals surface area contributed by atoms with Crippen molar-refractivity contribution in [3.63, 3.8) is 0 Å². The van der Waals surface area contributed by atoms with E-state index in [9.17, 15) is 8.42 Å². The summed E-state index contributed by atoms with van der Waals surface area (Å²) in [5.74, 6) is 0.173. The average Bonchev–Trinajstić information content (AvgIpc) is 2.73. The quantitative estimate of drug-likeness (QED) is 0.712. The van der Waals surface area contributed by atoms with E-state index in [2.05, 4.69) is 14.7 Å². The largest absolute Gasteiger partial charge is 0.399 e. The molecule has 0 spiro atoms. The molecule has 0 atom stereocenters. The Morgan fingerprint density at radius 3 is 2.82 bits per heavy atom. The summed E-state index contributed by atoms with van der Waals surface area (Å²) in [6.45, 7) is 1.70. The highest BCUT2D eigenvalue weighted by molar-refractivity contribution is 7.92. The molecule has 0 aliphatic heterocycles. The highest BCUT2D eigenvalue weighted by Gasteiger charge is 2.17. The predicted molar refractivity (Wildman–Crippen MR) is 65.0 cm³/mol. The third kappa shape index (κ3) is 2.39. The van der Waals surface area contributed by atoms with Gasteiger partial charge in [0, 0.05) is 18.1 Å². The molecule has 0 aliphatic rings. The fourth-order valence-corrected chi connectivity index (χ4v) is 2.67. The molecule has 0 unspecified atom stereocenters. The maximum Gasteiger partial charge on any atom is 0.264 e. The van der Waals surface area contributed by atoms with E-state index < -0.39 is 10.0 Å². The number of benzene rings is 1. The first-order valence-corrected chi connectivity index (χ1v) is 6.36. The van der Waals surface area contributed by atoms with Crippen molar-refractivity contribution in [2.24, 2.45) is 0 Å². The molecule has 90 valence electrons. The highest BCUT2D eigenvalue weighted by Crippen LogP contribution is 2.20. The van der Waals surface area contributed by atoms with Crippen LogP contribution in [0.1, 0.15) is 5.56 Å². The number of hydrogen-bond acceptors (Lipinski definition) is 4. The lowest BCUT2D eigenvalue weighted by molar-refractivity contribution is 0.600. The summed E-state index contributed by atoms with van der Waals surface area (Å²) in [6.07, 6.45) is 2.99. The number of H-pyrrole nitrogens is 1. The maximum absolute atomic E-state index is 12.0. The van der Waals surface area contributed by atoms with Crippen molar-refractivity contribution in [3.05, 3.63) is 36.2 Å². The van der Waals surface area contributed by atoms with Crippen LogP contribution in [-0.4, -0.2) is 18.4 Å². The van der Waals surface area contributed by atoms with Crippen molar-refractivity contribution in [2.45, 2.75) is 11.8 Å². The number of nitrogens with two attached hydrogens (primary N) is 1. The lowest BCUT2D eigenvalue weighted by Crippen LogP contribution is -2.15. The van der Waals surface area contributed by atoms with Crippen molar-refractivity contribution in [1.82, 2.24) is 9.97 Å². The monoisotopic (exact) mass is 252 g/mol. The topological polar surface area (TPSA) is 101 Å². The first-order chi connectivity index (χ1) is 7.99. The molecule has 0 radical (unpaired) electrons. The minimum Gasteiger partial charge on any atom is -0.399 e. The molecule has 0 saturated heterocycles. The van der Waals surface area contributed by atoms with E-state index in [1.807, 2.05) is 0 Å². The molecule has 1 aromatic carbocycles. The zero-order chi connectivity index (χ0) is 12.5. The van der Waals surface area contributed by atoms with E-state index in [1.54, 1.807) is 19.1 Å². The number of aromatic amines is 1. The van der Waals surface area contributed by atoms with Crippen molar-refractivity contribution in [2.75, 3.05) is 10.5 Å². The van der Waals surface area contributed by atoms with E-state index in [4.69, 9.17) is 5.73 Å². The number of imidazole rings is 1. The second kappa shape index (κ2) is 4.10. The predicted octanol–water partition coefficient (Wildman–Crippen LogP) is 1.10. The van der Waals surface area contributed by atoms with Crippen LogP contribution in [0.4, 0.5) is 11.6 Å². The smallest absolute Gasteiger partial charge is 0.264 e. The molecular formula is C10H12N4O2S. The van der Waals surface area contributed by atoms with Crippen LogP contribution in [0, 0.1) is 6.92 Å². The van der Waals surface area contributed by atoms with Crippen LogP contribution in [0.2, 0.25) is 0 Å². The van der Waals surface area contributed by atoms with Gasteiger partial charge in [-0.15, -0.1) is 0 Å². The Bertz CT molecular complexity index is 620. The summed E-state index contributed by atoms with van der Waals surface area (Å²) in [6, 6.07) is 4.73. The number of nitrogen functional groups attached to an aromatic ring is 1. The highest BCUT2D eigenvalue weighted by atomic mass is 32.2. The Hall–Kier alpha value is -2.02. The van der Waals surface area contributed by atoms with E-state index in [1.165, 1.54) is 18.5 Å². The number of aryl methyl sites for hydroxylation is 1. The second-order valence-electron chi connectivity index (χ2n) is 3.57. The number of anilines is 2. The lowest BCUT2D eigenvalue weighted by atomic mass is 10.2. The fourth-order valence-electron chi connectivity index (χ4n) is 1.41. The van der Waals surface area contributed by atoms with Crippen molar-refractivity contribution in [1.29, 1.82) is 0 Å². The molecule has 0 fully saturated rings. The Labute approximate surface area is 98.9 Å². The summed E-state index contributed by atoms with van der Waals surface area (Å²) < 4.78 is 26.4. The van der Waals surface area contributed by atoms with Crippen molar-refractivity contribution < 1.29 is 8.42 Å². The summed E-state index contributed by atoms with van der Waals surface area (Å²) in [5.41, 5.74) is 6.60. The minimum absolute atomic E-state index is 0.147. The third-order valence-corrected chi connectivity index (χ3v) is 3.71. The van der Waals surface area contributed by atoms with Crippen LogP contribution in [-0.2, 0) is 10.0 Å². The zero-order valence-corrected chi connectivity index (χ0v) is 9.95. The molecule has 0 bridgehead atoms. The Balaban J connectivity index is 2.41. The van der Waals surface area contributed by atoms with Gasteiger partial charge in [0.25, 0.3) is 10.0 Å². The van der Waals surface area contributed by atoms with Crippen LogP contribution >= 0.6 is 0 Å².